The third-order valence-corrected chi connectivity index (χ3v) is 6.15. The largest absolute Gasteiger partial charge is 0.438 e. The van der Waals surface area contributed by atoms with Gasteiger partial charge < -0.3 is 9.73 Å². The summed E-state index contributed by atoms with van der Waals surface area (Å²) in [5.74, 6) is -2.71. The van der Waals surface area contributed by atoms with Gasteiger partial charge in [-0.1, -0.05) is 13.0 Å². The topological polar surface area (TPSA) is 60.1 Å². The number of aromatic nitrogens is 2. The first-order valence-electron chi connectivity index (χ1n) is 11.2. The molecule has 180 valence electrons. The summed E-state index contributed by atoms with van der Waals surface area (Å²) in [6.07, 6.45) is 2.96. The quantitative estimate of drug-likeness (QED) is 0.374. The van der Waals surface area contributed by atoms with Crippen LogP contribution >= 0.6 is 0 Å². The van der Waals surface area contributed by atoms with Crippen molar-refractivity contribution in [3.05, 3.63) is 94.2 Å². The van der Waals surface area contributed by atoms with E-state index < -0.39 is 34.5 Å². The van der Waals surface area contributed by atoms with Gasteiger partial charge in [-0.15, -0.1) is 0 Å². The van der Waals surface area contributed by atoms with Gasteiger partial charge in [0.25, 0.3) is 5.56 Å². The lowest BCUT2D eigenvalue weighted by molar-refractivity contribution is 0.284. The summed E-state index contributed by atoms with van der Waals surface area (Å²) >= 11 is 0. The number of hydrogen-bond acceptors (Lipinski definition) is 4. The predicted molar refractivity (Wildman–Crippen MR) is 122 cm³/mol. The zero-order valence-electron chi connectivity index (χ0n) is 18.7. The highest BCUT2D eigenvalue weighted by molar-refractivity contribution is 5.77. The van der Waals surface area contributed by atoms with Crippen LogP contribution < -0.4 is 10.9 Å². The van der Waals surface area contributed by atoms with E-state index in [-0.39, 0.29) is 28.6 Å². The van der Waals surface area contributed by atoms with Gasteiger partial charge in [0.1, 0.15) is 34.7 Å². The lowest BCUT2D eigenvalue weighted by atomic mass is 9.94. The standard InChI is InChI=1S/C26H21F4N3O2/c1-14-9-10-31-21(11-14)26-32-23(25(35-26)17-7-6-16(27)12-20(17)30)15-5-8-22(34)33(13-15)24-18(28)3-2-4-19(24)29/h2-8,12-14,21,31H,9-11H2,1H3/t14?,21-/m1/s1. The van der Waals surface area contributed by atoms with Gasteiger partial charge in [0.05, 0.1) is 11.6 Å². The van der Waals surface area contributed by atoms with Crippen molar-refractivity contribution in [3.63, 3.8) is 0 Å². The van der Waals surface area contributed by atoms with Gasteiger partial charge >= 0.3 is 0 Å². The lowest BCUT2D eigenvalue weighted by Crippen LogP contribution is -2.30. The minimum atomic E-state index is -0.921. The van der Waals surface area contributed by atoms with Gasteiger partial charge in [0.15, 0.2) is 5.76 Å². The summed E-state index contributed by atoms with van der Waals surface area (Å²) in [5.41, 5.74) is -0.807. The fourth-order valence-electron chi connectivity index (χ4n) is 4.35. The molecule has 4 aromatic rings. The van der Waals surface area contributed by atoms with E-state index in [0.717, 1.165) is 54.3 Å². The number of nitrogens with zero attached hydrogens (tertiary/aromatic N) is 2. The van der Waals surface area contributed by atoms with E-state index in [1.807, 2.05) is 0 Å². The Morgan fingerprint density at radius 2 is 1.80 bits per heavy atom. The second-order valence-electron chi connectivity index (χ2n) is 8.69. The summed E-state index contributed by atoms with van der Waals surface area (Å²) in [7, 11) is 0. The highest BCUT2D eigenvalue weighted by Gasteiger charge is 2.28. The molecule has 0 spiro atoms. The molecule has 9 heteroatoms. The number of piperidine rings is 1. The van der Waals surface area contributed by atoms with Crippen LogP contribution in [0.25, 0.3) is 28.3 Å². The van der Waals surface area contributed by atoms with Crippen molar-refractivity contribution in [2.75, 3.05) is 6.54 Å². The maximum atomic E-state index is 14.8. The molecule has 2 aromatic heterocycles. The molecule has 1 fully saturated rings. The number of oxazole rings is 1. The van der Waals surface area contributed by atoms with Crippen LogP contribution in [0, 0.1) is 29.2 Å². The second kappa shape index (κ2) is 9.14. The number of halogens is 4. The molecule has 5 nitrogen and oxygen atoms in total. The van der Waals surface area contributed by atoms with Crippen LogP contribution in [0.15, 0.2) is 63.9 Å². The van der Waals surface area contributed by atoms with Crippen LogP contribution in [0.5, 0.6) is 0 Å². The average molecular weight is 483 g/mol. The molecule has 2 atom stereocenters. The Hall–Kier alpha value is -3.72. The van der Waals surface area contributed by atoms with E-state index in [9.17, 15) is 22.4 Å². The Balaban J connectivity index is 1.70. The summed E-state index contributed by atoms with van der Waals surface area (Å²) in [4.78, 5) is 17.1. The van der Waals surface area contributed by atoms with Crippen LogP contribution in [0.2, 0.25) is 0 Å². The molecule has 0 saturated carbocycles. The first-order valence-corrected chi connectivity index (χ1v) is 11.2. The van der Waals surface area contributed by atoms with E-state index >= 15 is 0 Å². The molecular formula is C26H21F4N3O2. The van der Waals surface area contributed by atoms with Crippen LogP contribution in [0.1, 0.15) is 31.7 Å². The molecule has 5 rings (SSSR count). The summed E-state index contributed by atoms with van der Waals surface area (Å²) in [6, 6.07) is 8.68. The first-order chi connectivity index (χ1) is 16.8. The van der Waals surface area contributed by atoms with E-state index in [4.69, 9.17) is 4.42 Å². The normalized spacial score (nSPS) is 18.1. The van der Waals surface area contributed by atoms with Crippen LogP contribution in [0.3, 0.4) is 0 Å². The maximum Gasteiger partial charge on any atom is 0.255 e. The minimum absolute atomic E-state index is 0.0248. The minimum Gasteiger partial charge on any atom is -0.438 e. The molecule has 0 amide bonds. The molecule has 3 heterocycles. The molecule has 1 aliphatic heterocycles. The molecule has 0 radical (unpaired) electrons. The van der Waals surface area contributed by atoms with Gasteiger partial charge in [-0.25, -0.2) is 22.5 Å². The van der Waals surface area contributed by atoms with Gasteiger partial charge in [-0.2, -0.15) is 0 Å². The zero-order chi connectivity index (χ0) is 24.7. The molecule has 1 unspecified atom stereocenters. The van der Waals surface area contributed by atoms with Crippen molar-refractivity contribution in [3.8, 4) is 28.3 Å². The third-order valence-electron chi connectivity index (χ3n) is 6.15. The number of hydrogen-bond donors (Lipinski definition) is 1. The summed E-state index contributed by atoms with van der Waals surface area (Å²) < 4.78 is 64.1. The van der Waals surface area contributed by atoms with Crippen molar-refractivity contribution < 1.29 is 22.0 Å². The Morgan fingerprint density at radius 1 is 1.03 bits per heavy atom. The number of para-hydroxylation sites is 1. The highest BCUT2D eigenvalue weighted by Crippen LogP contribution is 2.38. The summed E-state index contributed by atoms with van der Waals surface area (Å²) in [5, 5.41) is 3.33. The van der Waals surface area contributed by atoms with E-state index in [1.54, 1.807) is 0 Å². The lowest BCUT2D eigenvalue weighted by Gasteiger charge is -2.25. The number of pyridine rings is 1. The van der Waals surface area contributed by atoms with Crippen molar-refractivity contribution >= 4 is 0 Å². The Bertz CT molecular complexity index is 1440. The second-order valence-corrected chi connectivity index (χ2v) is 8.69. The predicted octanol–water partition coefficient (Wildman–Crippen LogP) is 5.78. The number of rotatable bonds is 4. The molecule has 0 bridgehead atoms. The fraction of sp³-hybridized carbons (Fsp3) is 0.231. The fourth-order valence-corrected chi connectivity index (χ4v) is 4.35. The number of nitrogens with one attached hydrogen (secondary N) is 1. The molecule has 1 aliphatic rings. The molecule has 1 N–H and O–H groups in total. The maximum absolute atomic E-state index is 14.8. The molecule has 35 heavy (non-hydrogen) atoms. The first kappa shape index (κ1) is 23.0. The van der Waals surface area contributed by atoms with Crippen LogP contribution in [-0.4, -0.2) is 16.1 Å². The molecule has 0 aliphatic carbocycles. The monoisotopic (exact) mass is 483 g/mol. The molecule has 1 saturated heterocycles. The Labute approximate surface area is 198 Å². The molecular weight excluding hydrogens is 462 g/mol. The number of benzene rings is 2. The Kier molecular flexibility index (Phi) is 6.02. The summed E-state index contributed by atoms with van der Waals surface area (Å²) in [6.45, 7) is 2.86. The van der Waals surface area contributed by atoms with E-state index in [0.29, 0.717) is 11.8 Å². The third kappa shape index (κ3) is 4.39. The van der Waals surface area contributed by atoms with Gasteiger partial charge in [-0.05, 0) is 55.6 Å². The SMILES string of the molecule is CC1CCN[C@@H](c2nc(-c3ccc(=O)n(-c4c(F)cccc4F)c3)c(-c3ccc(F)cc3F)o2)C1. The van der Waals surface area contributed by atoms with Gasteiger partial charge in [-0.3, -0.25) is 9.36 Å². The van der Waals surface area contributed by atoms with E-state index in [1.165, 1.54) is 24.4 Å². The average Bonchev–Trinajstić information content (AvgIpc) is 3.25. The smallest absolute Gasteiger partial charge is 0.255 e. The zero-order valence-corrected chi connectivity index (χ0v) is 18.7. The Morgan fingerprint density at radius 3 is 2.51 bits per heavy atom. The van der Waals surface area contributed by atoms with Crippen LogP contribution in [-0.2, 0) is 0 Å². The van der Waals surface area contributed by atoms with Crippen molar-refractivity contribution in [2.24, 2.45) is 5.92 Å². The van der Waals surface area contributed by atoms with Crippen molar-refractivity contribution in [1.82, 2.24) is 14.9 Å². The van der Waals surface area contributed by atoms with Gasteiger partial charge in [0.2, 0.25) is 5.89 Å². The highest BCUT2D eigenvalue weighted by atomic mass is 19.1. The van der Waals surface area contributed by atoms with E-state index in [2.05, 4.69) is 17.2 Å². The van der Waals surface area contributed by atoms with Crippen molar-refractivity contribution in [1.29, 1.82) is 0 Å². The molecule has 2 aromatic carbocycles. The van der Waals surface area contributed by atoms with Crippen LogP contribution in [0.4, 0.5) is 17.6 Å². The van der Waals surface area contributed by atoms with Crippen molar-refractivity contribution in [2.45, 2.75) is 25.8 Å². The van der Waals surface area contributed by atoms with Gasteiger partial charge in [0, 0.05) is 23.9 Å².